The topological polar surface area (TPSA) is 43.4 Å². The second kappa shape index (κ2) is 6.64. The van der Waals surface area contributed by atoms with Gasteiger partial charge in [0.2, 0.25) is 0 Å². The van der Waals surface area contributed by atoms with E-state index in [0.717, 1.165) is 22.9 Å². The zero-order chi connectivity index (χ0) is 13.5. The lowest BCUT2D eigenvalue weighted by Gasteiger charge is -2.11. The molecule has 0 atom stereocenters. The van der Waals surface area contributed by atoms with Crippen LogP contribution in [0.5, 0.6) is 11.5 Å². The molecule has 4 heteroatoms. The number of nitrogens with one attached hydrogen (secondary N) is 1. The van der Waals surface area contributed by atoms with E-state index in [-0.39, 0.29) is 0 Å². The molecule has 0 saturated heterocycles. The Labute approximate surface area is 113 Å². The maximum atomic E-state index is 5.52. The van der Waals surface area contributed by atoms with E-state index in [0.29, 0.717) is 13.2 Å². The van der Waals surface area contributed by atoms with Gasteiger partial charge in [-0.2, -0.15) is 0 Å². The van der Waals surface area contributed by atoms with E-state index in [1.807, 2.05) is 43.3 Å². The monoisotopic (exact) mass is 258 g/mol. The zero-order valence-corrected chi connectivity index (χ0v) is 11.2. The third-order valence-electron chi connectivity index (χ3n) is 2.66. The van der Waals surface area contributed by atoms with Crippen LogP contribution in [0.3, 0.4) is 0 Å². The summed E-state index contributed by atoms with van der Waals surface area (Å²) in [5.41, 5.74) is 1.13. The molecule has 0 fully saturated rings. The van der Waals surface area contributed by atoms with Crippen molar-refractivity contribution in [3.05, 3.63) is 48.2 Å². The SMILES string of the molecule is CCOc1cccnc1NCc1cccc(OC)c1. The fourth-order valence-corrected chi connectivity index (χ4v) is 1.76. The summed E-state index contributed by atoms with van der Waals surface area (Å²) in [5.74, 6) is 2.38. The molecule has 0 aliphatic heterocycles. The summed E-state index contributed by atoms with van der Waals surface area (Å²) < 4.78 is 10.7. The van der Waals surface area contributed by atoms with E-state index in [1.165, 1.54) is 0 Å². The van der Waals surface area contributed by atoms with Crippen LogP contribution < -0.4 is 14.8 Å². The van der Waals surface area contributed by atoms with E-state index < -0.39 is 0 Å². The van der Waals surface area contributed by atoms with Crippen LogP contribution >= 0.6 is 0 Å². The summed E-state index contributed by atoms with van der Waals surface area (Å²) >= 11 is 0. The summed E-state index contributed by atoms with van der Waals surface area (Å²) in [4.78, 5) is 4.29. The van der Waals surface area contributed by atoms with Crippen LogP contribution in [0, 0.1) is 0 Å². The van der Waals surface area contributed by atoms with E-state index in [2.05, 4.69) is 10.3 Å². The highest BCUT2D eigenvalue weighted by molar-refractivity contribution is 5.50. The van der Waals surface area contributed by atoms with Crippen LogP contribution in [-0.4, -0.2) is 18.7 Å². The number of ether oxygens (including phenoxy) is 2. The quantitative estimate of drug-likeness (QED) is 0.864. The number of anilines is 1. The first kappa shape index (κ1) is 13.2. The predicted molar refractivity (Wildman–Crippen MR) is 75.7 cm³/mol. The molecule has 0 radical (unpaired) electrons. The van der Waals surface area contributed by atoms with Gasteiger partial charge in [-0.1, -0.05) is 12.1 Å². The van der Waals surface area contributed by atoms with Crippen molar-refractivity contribution in [2.24, 2.45) is 0 Å². The van der Waals surface area contributed by atoms with Gasteiger partial charge in [-0.15, -0.1) is 0 Å². The molecule has 1 aromatic carbocycles. The highest BCUT2D eigenvalue weighted by Crippen LogP contribution is 2.22. The summed E-state index contributed by atoms with van der Waals surface area (Å²) in [6.07, 6.45) is 1.75. The number of methoxy groups -OCH3 is 1. The van der Waals surface area contributed by atoms with Gasteiger partial charge in [0.15, 0.2) is 11.6 Å². The van der Waals surface area contributed by atoms with E-state index in [9.17, 15) is 0 Å². The minimum atomic E-state index is 0.625. The van der Waals surface area contributed by atoms with Crippen molar-refractivity contribution in [3.63, 3.8) is 0 Å². The Morgan fingerprint density at radius 2 is 2.11 bits per heavy atom. The Bertz CT molecular complexity index is 529. The van der Waals surface area contributed by atoms with Gasteiger partial charge < -0.3 is 14.8 Å². The number of benzene rings is 1. The number of pyridine rings is 1. The first-order chi connectivity index (χ1) is 9.33. The molecule has 2 rings (SSSR count). The maximum Gasteiger partial charge on any atom is 0.169 e. The van der Waals surface area contributed by atoms with E-state index >= 15 is 0 Å². The third-order valence-corrected chi connectivity index (χ3v) is 2.66. The fourth-order valence-electron chi connectivity index (χ4n) is 1.76. The molecule has 100 valence electrons. The molecular weight excluding hydrogens is 240 g/mol. The summed E-state index contributed by atoms with van der Waals surface area (Å²) in [7, 11) is 1.67. The minimum absolute atomic E-state index is 0.625. The molecule has 4 nitrogen and oxygen atoms in total. The van der Waals surface area contributed by atoms with Crippen molar-refractivity contribution in [1.29, 1.82) is 0 Å². The third kappa shape index (κ3) is 3.61. The predicted octanol–water partition coefficient (Wildman–Crippen LogP) is 3.10. The summed E-state index contributed by atoms with van der Waals surface area (Å²) in [6.45, 7) is 3.26. The molecule has 1 aromatic heterocycles. The van der Waals surface area contributed by atoms with Crippen LogP contribution in [0.2, 0.25) is 0 Å². The Morgan fingerprint density at radius 1 is 1.21 bits per heavy atom. The fraction of sp³-hybridized carbons (Fsp3) is 0.267. The molecule has 0 bridgehead atoms. The molecule has 0 saturated carbocycles. The zero-order valence-electron chi connectivity index (χ0n) is 11.2. The molecule has 1 heterocycles. The molecule has 0 amide bonds. The lowest BCUT2D eigenvalue weighted by molar-refractivity contribution is 0.340. The van der Waals surface area contributed by atoms with Crippen molar-refractivity contribution < 1.29 is 9.47 Å². The first-order valence-electron chi connectivity index (χ1n) is 6.28. The van der Waals surface area contributed by atoms with Gasteiger partial charge in [-0.05, 0) is 36.8 Å². The largest absolute Gasteiger partial charge is 0.497 e. The molecule has 0 aliphatic carbocycles. The molecule has 1 N–H and O–H groups in total. The van der Waals surface area contributed by atoms with Crippen molar-refractivity contribution >= 4 is 5.82 Å². The van der Waals surface area contributed by atoms with E-state index in [1.54, 1.807) is 13.3 Å². The van der Waals surface area contributed by atoms with E-state index in [4.69, 9.17) is 9.47 Å². The first-order valence-corrected chi connectivity index (χ1v) is 6.28. The second-order valence-corrected chi connectivity index (χ2v) is 3.99. The lowest BCUT2D eigenvalue weighted by atomic mass is 10.2. The van der Waals surface area contributed by atoms with Gasteiger partial charge in [0.05, 0.1) is 13.7 Å². The molecule has 0 aliphatic rings. The summed E-state index contributed by atoms with van der Waals surface area (Å²) in [5, 5.41) is 3.27. The van der Waals surface area contributed by atoms with Gasteiger partial charge in [-0.25, -0.2) is 4.98 Å². The standard InChI is InChI=1S/C15H18N2O2/c1-3-19-14-8-5-9-16-15(14)17-11-12-6-4-7-13(10-12)18-2/h4-10H,3,11H2,1-2H3,(H,16,17). The van der Waals surface area contributed by atoms with Gasteiger partial charge >= 0.3 is 0 Å². The summed E-state index contributed by atoms with van der Waals surface area (Å²) in [6, 6.07) is 11.7. The number of hydrogen-bond donors (Lipinski definition) is 1. The normalized spacial score (nSPS) is 10.0. The molecule has 19 heavy (non-hydrogen) atoms. The highest BCUT2D eigenvalue weighted by Gasteiger charge is 2.03. The van der Waals surface area contributed by atoms with Crippen LogP contribution in [0.4, 0.5) is 5.82 Å². The van der Waals surface area contributed by atoms with Gasteiger partial charge in [0, 0.05) is 12.7 Å². The lowest BCUT2D eigenvalue weighted by Crippen LogP contribution is -2.04. The molecule has 0 spiro atoms. The second-order valence-electron chi connectivity index (χ2n) is 3.99. The van der Waals surface area contributed by atoms with Crippen molar-refractivity contribution in [1.82, 2.24) is 4.98 Å². The van der Waals surface area contributed by atoms with Crippen LogP contribution in [0.15, 0.2) is 42.6 Å². The van der Waals surface area contributed by atoms with Crippen molar-refractivity contribution in [2.75, 3.05) is 19.0 Å². The van der Waals surface area contributed by atoms with Gasteiger partial charge in [0.25, 0.3) is 0 Å². The Balaban J connectivity index is 2.05. The Kier molecular flexibility index (Phi) is 4.61. The number of hydrogen-bond acceptors (Lipinski definition) is 4. The van der Waals surface area contributed by atoms with Gasteiger partial charge in [0.1, 0.15) is 5.75 Å². The Morgan fingerprint density at radius 3 is 2.89 bits per heavy atom. The maximum absolute atomic E-state index is 5.52. The average Bonchev–Trinajstić information content (AvgIpc) is 2.47. The Hall–Kier alpha value is -2.23. The minimum Gasteiger partial charge on any atom is -0.497 e. The number of nitrogens with zero attached hydrogens (tertiary/aromatic N) is 1. The van der Waals surface area contributed by atoms with Crippen molar-refractivity contribution in [3.8, 4) is 11.5 Å². The van der Waals surface area contributed by atoms with Gasteiger partial charge in [-0.3, -0.25) is 0 Å². The van der Waals surface area contributed by atoms with Crippen molar-refractivity contribution in [2.45, 2.75) is 13.5 Å². The number of aromatic nitrogens is 1. The smallest absolute Gasteiger partial charge is 0.169 e. The molecule has 2 aromatic rings. The van der Waals surface area contributed by atoms with Crippen LogP contribution in [-0.2, 0) is 6.54 Å². The van der Waals surface area contributed by atoms with Crippen LogP contribution in [0.25, 0.3) is 0 Å². The average molecular weight is 258 g/mol. The highest BCUT2D eigenvalue weighted by atomic mass is 16.5. The number of rotatable bonds is 6. The molecule has 0 unspecified atom stereocenters. The van der Waals surface area contributed by atoms with Crippen LogP contribution in [0.1, 0.15) is 12.5 Å². The molecular formula is C15H18N2O2.